The maximum absolute atomic E-state index is 12.7. The summed E-state index contributed by atoms with van der Waals surface area (Å²) in [5, 5.41) is 1.16. The Kier molecular flexibility index (Phi) is 18.1. The average Bonchev–Trinajstić information content (AvgIpc) is 3.39. The molecule has 41 heavy (non-hydrogen) atoms. The highest BCUT2D eigenvalue weighted by molar-refractivity contribution is 5.83. The van der Waals surface area contributed by atoms with Gasteiger partial charge in [-0.1, -0.05) is 94.9 Å². The normalized spacial score (nSPS) is 12.4. The number of likely N-dealkylation sites (N-methyl/N-ethyl adjacent to an activating group) is 1. The van der Waals surface area contributed by atoms with Crippen LogP contribution in [0.25, 0.3) is 10.9 Å². The molecule has 0 aliphatic heterocycles. The molecule has 1 atom stereocenters. The van der Waals surface area contributed by atoms with Gasteiger partial charge in [0.25, 0.3) is 0 Å². The number of nitrogens with zero attached hydrogens (tertiary/aromatic N) is 1. The van der Waals surface area contributed by atoms with Gasteiger partial charge >= 0.3 is 12.1 Å². The number of esters is 1. The van der Waals surface area contributed by atoms with Crippen molar-refractivity contribution >= 4 is 23.0 Å². The number of para-hydroxylation sites is 1. The van der Waals surface area contributed by atoms with Gasteiger partial charge in [-0.2, -0.15) is 0 Å². The van der Waals surface area contributed by atoms with E-state index in [9.17, 15) is 9.59 Å². The second-order valence-electron chi connectivity index (χ2n) is 11.0. The van der Waals surface area contributed by atoms with E-state index in [0.717, 1.165) is 61.4 Å². The number of benzene rings is 1. The number of aromatic amines is 1. The van der Waals surface area contributed by atoms with Crippen LogP contribution >= 0.6 is 0 Å². The summed E-state index contributed by atoms with van der Waals surface area (Å²) in [6, 6.07) is 8.13. The van der Waals surface area contributed by atoms with Crippen molar-refractivity contribution < 1.29 is 19.1 Å². The zero-order valence-electron chi connectivity index (χ0n) is 25.9. The zero-order chi connectivity index (χ0) is 29.5. The molecule has 0 spiro atoms. The monoisotopic (exact) mass is 566 g/mol. The predicted molar refractivity (Wildman–Crippen MR) is 170 cm³/mol. The molecule has 0 fully saturated rings. The van der Waals surface area contributed by atoms with E-state index in [-0.39, 0.29) is 5.97 Å². The third-order valence-corrected chi connectivity index (χ3v) is 7.32. The van der Waals surface area contributed by atoms with Gasteiger partial charge in [-0.05, 0) is 63.0 Å². The highest BCUT2D eigenvalue weighted by Gasteiger charge is 2.21. The van der Waals surface area contributed by atoms with Crippen LogP contribution in [0.3, 0.4) is 0 Å². The van der Waals surface area contributed by atoms with E-state index in [1.54, 1.807) is 11.9 Å². The number of amides is 1. The van der Waals surface area contributed by atoms with E-state index in [1.807, 2.05) is 24.4 Å². The Bertz CT molecular complexity index is 1040. The van der Waals surface area contributed by atoms with E-state index in [0.29, 0.717) is 25.8 Å². The second-order valence-corrected chi connectivity index (χ2v) is 11.0. The third kappa shape index (κ3) is 15.0. The first-order valence-corrected chi connectivity index (χ1v) is 16.0. The molecule has 1 amide bonds. The molecular formula is C35H54N2O4. The minimum Gasteiger partial charge on any atom is -0.425 e. The molecule has 2 aromatic rings. The van der Waals surface area contributed by atoms with Gasteiger partial charge in [0.05, 0.1) is 0 Å². The lowest BCUT2D eigenvalue weighted by atomic mass is 10.1. The third-order valence-electron chi connectivity index (χ3n) is 7.32. The van der Waals surface area contributed by atoms with Crippen molar-refractivity contribution in [3.63, 3.8) is 0 Å². The van der Waals surface area contributed by atoms with Gasteiger partial charge in [0, 0.05) is 43.5 Å². The molecule has 6 heteroatoms. The first-order chi connectivity index (χ1) is 20.0. The van der Waals surface area contributed by atoms with E-state index in [2.05, 4.69) is 49.2 Å². The number of nitrogens with one attached hydrogen (secondary N) is 1. The van der Waals surface area contributed by atoms with Crippen LogP contribution in [0.4, 0.5) is 4.79 Å². The molecule has 0 aliphatic rings. The van der Waals surface area contributed by atoms with Crippen LogP contribution in [0, 0.1) is 0 Å². The van der Waals surface area contributed by atoms with Crippen LogP contribution in [0.5, 0.6) is 0 Å². The fraction of sp³-hybridized carbons (Fsp3) is 0.600. The molecule has 0 aliphatic carbocycles. The first-order valence-electron chi connectivity index (χ1n) is 16.0. The van der Waals surface area contributed by atoms with Crippen LogP contribution in [-0.4, -0.2) is 41.8 Å². The Labute approximate surface area is 248 Å². The maximum Gasteiger partial charge on any atom is 0.412 e. The number of unbranched alkanes of at least 4 members (excludes halogenated alkanes) is 9. The number of hydrogen-bond acceptors (Lipinski definition) is 4. The summed E-state index contributed by atoms with van der Waals surface area (Å²) in [5.41, 5.74) is 2.25. The van der Waals surface area contributed by atoms with E-state index in [1.165, 1.54) is 38.5 Å². The number of carbonyl (C=O) groups excluding carboxylic acids is 2. The zero-order valence-corrected chi connectivity index (χ0v) is 25.9. The van der Waals surface area contributed by atoms with Crippen LogP contribution in [0.15, 0.2) is 54.8 Å². The Morgan fingerprint density at radius 2 is 1.54 bits per heavy atom. The minimum absolute atomic E-state index is 0.286. The summed E-state index contributed by atoms with van der Waals surface area (Å²) in [4.78, 5) is 30.0. The molecule has 0 radical (unpaired) electrons. The number of fused-ring (bicyclic) bond motifs is 1. The smallest absolute Gasteiger partial charge is 0.412 e. The fourth-order valence-corrected chi connectivity index (χ4v) is 4.72. The van der Waals surface area contributed by atoms with Crippen LogP contribution < -0.4 is 0 Å². The van der Waals surface area contributed by atoms with Crippen molar-refractivity contribution in [3.8, 4) is 0 Å². The predicted octanol–water partition coefficient (Wildman–Crippen LogP) is 9.65. The standard InChI is InChI=1S/C35H54N2O4/c1-4-6-8-9-10-11-12-13-14-15-16-17-18-19-20-25-33(38)40-34(26-7-5-2)41-35(39)37(3)28-27-30-29-36-32-24-22-21-23-31(30)32/h10-11,13-14,21-24,29,34,36H,4-9,12,15-20,25-28H2,1-3H3/b11-10-,14-13-. The molecule has 6 nitrogen and oxygen atoms in total. The maximum atomic E-state index is 12.7. The van der Waals surface area contributed by atoms with Crippen molar-refractivity contribution in [2.24, 2.45) is 0 Å². The summed E-state index contributed by atoms with van der Waals surface area (Å²) < 4.78 is 11.2. The molecule has 0 saturated heterocycles. The quantitative estimate of drug-likeness (QED) is 0.0666. The number of hydrogen-bond donors (Lipinski definition) is 1. The molecule has 0 bridgehead atoms. The van der Waals surface area contributed by atoms with Crippen molar-refractivity contribution in [1.29, 1.82) is 0 Å². The van der Waals surface area contributed by atoms with Gasteiger partial charge in [0.1, 0.15) is 0 Å². The molecule has 1 aromatic carbocycles. The SMILES string of the molecule is CCCCC/C=C\C/C=C\CCCCCCCC(=O)OC(CCCC)OC(=O)N(C)CCc1c[nH]c2ccccc12. The van der Waals surface area contributed by atoms with Crippen molar-refractivity contribution in [2.75, 3.05) is 13.6 Å². The fourth-order valence-electron chi connectivity index (χ4n) is 4.72. The summed E-state index contributed by atoms with van der Waals surface area (Å²) in [6.07, 6.45) is 25.7. The number of rotatable bonds is 22. The highest BCUT2D eigenvalue weighted by Crippen LogP contribution is 2.19. The first kappa shape index (κ1) is 34.2. The number of aromatic nitrogens is 1. The molecular weight excluding hydrogens is 512 g/mol. The average molecular weight is 567 g/mol. The van der Waals surface area contributed by atoms with Crippen molar-refractivity contribution in [2.45, 2.75) is 123 Å². The minimum atomic E-state index is -0.830. The van der Waals surface area contributed by atoms with E-state index >= 15 is 0 Å². The van der Waals surface area contributed by atoms with Gasteiger partial charge in [-0.15, -0.1) is 0 Å². The number of H-pyrrole nitrogens is 1. The lowest BCUT2D eigenvalue weighted by Gasteiger charge is -2.22. The van der Waals surface area contributed by atoms with Crippen LogP contribution in [-0.2, 0) is 20.7 Å². The summed E-state index contributed by atoms with van der Waals surface area (Å²) in [5.74, 6) is -0.286. The highest BCUT2D eigenvalue weighted by atomic mass is 16.7. The van der Waals surface area contributed by atoms with Gasteiger partial charge in [-0.3, -0.25) is 4.79 Å². The van der Waals surface area contributed by atoms with Gasteiger partial charge < -0.3 is 19.4 Å². The van der Waals surface area contributed by atoms with Gasteiger partial charge in [-0.25, -0.2) is 4.79 Å². The molecule has 1 aromatic heterocycles. The largest absolute Gasteiger partial charge is 0.425 e. The van der Waals surface area contributed by atoms with Crippen molar-refractivity contribution in [1.82, 2.24) is 9.88 Å². The summed E-state index contributed by atoms with van der Waals surface area (Å²) in [7, 11) is 1.72. The lowest BCUT2D eigenvalue weighted by Crippen LogP contribution is -2.34. The van der Waals surface area contributed by atoms with Crippen LogP contribution in [0.1, 0.15) is 116 Å². The summed E-state index contributed by atoms with van der Waals surface area (Å²) >= 11 is 0. The molecule has 1 heterocycles. The lowest BCUT2D eigenvalue weighted by molar-refractivity contribution is -0.170. The number of ether oxygens (including phenoxy) is 2. The molecule has 1 unspecified atom stereocenters. The Hall–Kier alpha value is -3.02. The molecule has 0 saturated carbocycles. The summed E-state index contributed by atoms with van der Waals surface area (Å²) in [6.45, 7) is 4.82. The van der Waals surface area contributed by atoms with Crippen LogP contribution in [0.2, 0.25) is 0 Å². The Balaban J connectivity index is 1.58. The molecule has 2 rings (SSSR count). The van der Waals surface area contributed by atoms with Crippen molar-refractivity contribution in [3.05, 3.63) is 60.3 Å². The Morgan fingerprint density at radius 1 is 0.854 bits per heavy atom. The van der Waals surface area contributed by atoms with E-state index < -0.39 is 12.4 Å². The number of carbonyl (C=O) groups is 2. The van der Waals surface area contributed by atoms with Gasteiger partial charge in [0.15, 0.2) is 0 Å². The number of allylic oxidation sites excluding steroid dienone is 4. The van der Waals surface area contributed by atoms with Gasteiger partial charge in [0.2, 0.25) is 6.29 Å². The molecule has 1 N–H and O–H groups in total. The van der Waals surface area contributed by atoms with E-state index in [4.69, 9.17) is 9.47 Å². The molecule has 228 valence electrons. The topological polar surface area (TPSA) is 71.6 Å². The Morgan fingerprint density at radius 3 is 2.29 bits per heavy atom. The second kappa shape index (κ2) is 21.7.